The second-order valence-electron chi connectivity index (χ2n) is 4.56. The average Bonchev–Trinajstić information content (AvgIpc) is 2.54. The maximum Gasteiger partial charge on any atom is 0.282 e. The lowest BCUT2D eigenvalue weighted by atomic mass is 10.1. The maximum absolute atomic E-state index is 11.5. The van der Waals surface area contributed by atoms with Gasteiger partial charge in [-0.25, -0.2) is 5.10 Å². The quantitative estimate of drug-likeness (QED) is 0.840. The Morgan fingerprint density at radius 2 is 2.26 bits per heavy atom. The van der Waals surface area contributed by atoms with E-state index < -0.39 is 5.56 Å². The summed E-state index contributed by atoms with van der Waals surface area (Å²) in [4.78, 5) is 11.5. The Balaban J connectivity index is 2.42. The number of H-pyrrole nitrogens is 1. The zero-order chi connectivity index (χ0) is 16.8. The SMILES string of the molecule is C#CCOc1ccc(Br)cc1/C=C/c1n[nH]c(=O)c(C#N)c1C. The van der Waals surface area contributed by atoms with E-state index in [0.717, 1.165) is 10.0 Å². The molecule has 0 saturated carbocycles. The molecule has 1 aromatic heterocycles. The van der Waals surface area contributed by atoms with Crippen molar-refractivity contribution in [2.24, 2.45) is 0 Å². The minimum absolute atomic E-state index is 0.0534. The van der Waals surface area contributed by atoms with E-state index in [1.54, 1.807) is 25.1 Å². The minimum Gasteiger partial charge on any atom is -0.480 e. The van der Waals surface area contributed by atoms with Gasteiger partial charge in [0.25, 0.3) is 5.56 Å². The first-order valence-electron chi connectivity index (χ1n) is 6.60. The van der Waals surface area contributed by atoms with Crippen molar-refractivity contribution in [1.29, 1.82) is 5.26 Å². The molecule has 2 aromatic rings. The smallest absolute Gasteiger partial charge is 0.282 e. The van der Waals surface area contributed by atoms with Gasteiger partial charge in [0, 0.05) is 10.0 Å². The predicted molar refractivity (Wildman–Crippen MR) is 91.7 cm³/mol. The number of rotatable bonds is 4. The number of benzene rings is 1. The van der Waals surface area contributed by atoms with Crippen LogP contribution in [-0.2, 0) is 0 Å². The van der Waals surface area contributed by atoms with Gasteiger partial charge in [-0.3, -0.25) is 4.79 Å². The number of nitrogens with zero attached hydrogens (tertiary/aromatic N) is 2. The first-order chi connectivity index (χ1) is 11.1. The van der Waals surface area contributed by atoms with Crippen LogP contribution in [0.4, 0.5) is 0 Å². The van der Waals surface area contributed by atoms with Gasteiger partial charge in [0.15, 0.2) is 0 Å². The number of nitrogens with one attached hydrogen (secondary N) is 1. The highest BCUT2D eigenvalue weighted by molar-refractivity contribution is 9.10. The third kappa shape index (κ3) is 3.88. The summed E-state index contributed by atoms with van der Waals surface area (Å²) in [6.07, 6.45) is 8.70. The molecule has 0 spiro atoms. The number of aromatic nitrogens is 2. The first kappa shape index (κ1) is 16.5. The van der Waals surface area contributed by atoms with Crippen molar-refractivity contribution in [2.45, 2.75) is 6.92 Å². The lowest BCUT2D eigenvalue weighted by molar-refractivity contribution is 0.369. The van der Waals surface area contributed by atoms with Gasteiger partial charge < -0.3 is 4.74 Å². The fraction of sp³-hybridized carbons (Fsp3) is 0.118. The molecule has 1 aromatic carbocycles. The van der Waals surface area contributed by atoms with Crippen LogP contribution in [0.15, 0.2) is 27.5 Å². The third-order valence-corrected chi connectivity index (χ3v) is 3.57. The van der Waals surface area contributed by atoms with Gasteiger partial charge in [0.2, 0.25) is 0 Å². The molecule has 1 heterocycles. The van der Waals surface area contributed by atoms with Crippen molar-refractivity contribution in [3.05, 3.63) is 55.4 Å². The number of hydrogen-bond donors (Lipinski definition) is 1. The predicted octanol–water partition coefficient (Wildman–Crippen LogP) is 2.89. The van der Waals surface area contributed by atoms with E-state index in [0.29, 0.717) is 17.0 Å². The van der Waals surface area contributed by atoms with Gasteiger partial charge >= 0.3 is 0 Å². The highest BCUT2D eigenvalue weighted by Gasteiger charge is 2.08. The zero-order valence-corrected chi connectivity index (χ0v) is 13.8. The zero-order valence-electron chi connectivity index (χ0n) is 12.3. The van der Waals surface area contributed by atoms with E-state index in [1.165, 1.54) is 0 Å². The minimum atomic E-state index is -0.498. The second-order valence-corrected chi connectivity index (χ2v) is 5.47. The van der Waals surface area contributed by atoms with Crippen molar-refractivity contribution in [3.8, 4) is 24.2 Å². The lowest BCUT2D eigenvalue weighted by Gasteiger charge is -2.07. The molecule has 0 aliphatic carbocycles. The first-order valence-corrected chi connectivity index (χ1v) is 7.39. The van der Waals surface area contributed by atoms with Crippen LogP contribution in [0, 0.1) is 30.6 Å². The molecule has 5 nitrogen and oxygen atoms in total. The molecule has 1 N–H and O–H groups in total. The number of ether oxygens (including phenoxy) is 1. The van der Waals surface area contributed by atoms with Crippen molar-refractivity contribution in [1.82, 2.24) is 10.2 Å². The molecule has 0 unspecified atom stereocenters. The Kier molecular flexibility index (Phi) is 5.35. The number of nitriles is 1. The Hall–Kier alpha value is -2.83. The van der Waals surface area contributed by atoms with Crippen LogP contribution in [0.1, 0.15) is 22.4 Å². The van der Waals surface area contributed by atoms with Gasteiger partial charge in [0.1, 0.15) is 24.0 Å². The molecule has 0 atom stereocenters. The Bertz CT molecular complexity index is 902. The molecule has 0 aliphatic rings. The van der Waals surface area contributed by atoms with E-state index in [4.69, 9.17) is 16.4 Å². The highest BCUT2D eigenvalue weighted by atomic mass is 79.9. The fourth-order valence-corrected chi connectivity index (χ4v) is 2.29. The molecular formula is C17H12BrN3O2. The van der Waals surface area contributed by atoms with Crippen LogP contribution >= 0.6 is 15.9 Å². The summed E-state index contributed by atoms with van der Waals surface area (Å²) in [6, 6.07) is 7.40. The molecule has 0 saturated heterocycles. The van der Waals surface area contributed by atoms with Crippen LogP contribution in [0.5, 0.6) is 5.75 Å². The van der Waals surface area contributed by atoms with Crippen molar-refractivity contribution in [2.75, 3.05) is 6.61 Å². The molecule has 23 heavy (non-hydrogen) atoms. The molecule has 0 radical (unpaired) electrons. The van der Waals surface area contributed by atoms with Crippen LogP contribution < -0.4 is 10.3 Å². The lowest BCUT2D eigenvalue weighted by Crippen LogP contribution is -2.15. The number of terminal acetylenes is 1. The van der Waals surface area contributed by atoms with Crippen LogP contribution in [0.3, 0.4) is 0 Å². The monoisotopic (exact) mass is 369 g/mol. The number of hydrogen-bond acceptors (Lipinski definition) is 4. The van der Waals surface area contributed by atoms with E-state index in [2.05, 4.69) is 32.0 Å². The molecule has 0 bridgehead atoms. The summed E-state index contributed by atoms with van der Waals surface area (Å²) >= 11 is 3.40. The molecule has 0 aliphatic heterocycles. The van der Waals surface area contributed by atoms with Crippen molar-refractivity contribution in [3.63, 3.8) is 0 Å². The third-order valence-electron chi connectivity index (χ3n) is 3.08. The maximum atomic E-state index is 11.5. The molecule has 2 rings (SSSR count). The Labute approximate surface area is 141 Å². The summed E-state index contributed by atoms with van der Waals surface area (Å²) in [5, 5.41) is 15.3. The summed E-state index contributed by atoms with van der Waals surface area (Å²) in [5.74, 6) is 3.05. The van der Waals surface area contributed by atoms with E-state index >= 15 is 0 Å². The number of aromatic amines is 1. The standard InChI is InChI=1S/C17H12BrN3O2/c1-3-8-23-16-7-5-13(18)9-12(16)4-6-15-11(2)14(10-19)17(22)21-20-15/h1,4-7,9H,8H2,2H3,(H,21,22)/b6-4+. The van der Waals surface area contributed by atoms with Crippen molar-refractivity contribution < 1.29 is 4.74 Å². The van der Waals surface area contributed by atoms with Gasteiger partial charge in [0.05, 0.1) is 5.69 Å². The van der Waals surface area contributed by atoms with E-state index in [-0.39, 0.29) is 12.2 Å². The molecule has 6 heteroatoms. The summed E-state index contributed by atoms with van der Waals surface area (Å²) < 4.78 is 6.37. The molecule has 114 valence electrons. The van der Waals surface area contributed by atoms with Gasteiger partial charge in [-0.2, -0.15) is 10.4 Å². The van der Waals surface area contributed by atoms with E-state index in [1.807, 2.05) is 18.2 Å². The largest absolute Gasteiger partial charge is 0.480 e. The van der Waals surface area contributed by atoms with Crippen LogP contribution in [0.2, 0.25) is 0 Å². The van der Waals surface area contributed by atoms with Crippen LogP contribution in [-0.4, -0.2) is 16.8 Å². The van der Waals surface area contributed by atoms with E-state index in [9.17, 15) is 4.79 Å². The van der Waals surface area contributed by atoms with Crippen LogP contribution in [0.25, 0.3) is 12.2 Å². The number of halogens is 1. The van der Waals surface area contributed by atoms with Gasteiger partial charge in [-0.05, 0) is 42.8 Å². The molecule has 0 fully saturated rings. The summed E-state index contributed by atoms with van der Waals surface area (Å²) in [5.41, 5.74) is 1.37. The summed E-state index contributed by atoms with van der Waals surface area (Å²) in [6.45, 7) is 1.84. The average molecular weight is 370 g/mol. The fourth-order valence-electron chi connectivity index (χ4n) is 1.92. The van der Waals surface area contributed by atoms with Crippen molar-refractivity contribution >= 4 is 28.1 Å². The topological polar surface area (TPSA) is 78.8 Å². The normalized spacial score (nSPS) is 10.3. The second kappa shape index (κ2) is 7.44. The highest BCUT2D eigenvalue weighted by Crippen LogP contribution is 2.25. The molecule has 0 amide bonds. The molecular weight excluding hydrogens is 358 g/mol. The summed E-state index contributed by atoms with van der Waals surface area (Å²) in [7, 11) is 0. The van der Waals surface area contributed by atoms with Gasteiger partial charge in [-0.1, -0.05) is 21.9 Å². The Morgan fingerprint density at radius 1 is 1.48 bits per heavy atom. The Morgan fingerprint density at radius 3 is 2.96 bits per heavy atom. The van der Waals surface area contributed by atoms with Gasteiger partial charge in [-0.15, -0.1) is 6.42 Å².